The molecule has 0 aliphatic rings. The summed E-state index contributed by atoms with van der Waals surface area (Å²) in [4.78, 5) is 80.7. The van der Waals surface area contributed by atoms with Gasteiger partial charge in [-0.2, -0.15) is 0 Å². The SMILES string of the molecule is C=Cc1[nH]cc(CC(NC)C(=O)N(C)C(C(=O)NC(CCCC[n+]2ccn3ccccc32)C(=O)NCC(=O)NC(C=O)CC(=O)O)C(C)C)c1/C=C\C. The average Bonchev–Trinajstić information content (AvgIpc) is 3.73. The lowest BCUT2D eigenvalue weighted by atomic mass is 9.97. The molecule has 6 N–H and O–H groups in total. The van der Waals surface area contributed by atoms with Crippen LogP contribution in [0.2, 0.25) is 0 Å². The number of allylic oxidation sites excluding steroid dienone is 1. The molecule has 4 unspecified atom stereocenters. The summed E-state index contributed by atoms with van der Waals surface area (Å²) in [7, 11) is 3.25. The Morgan fingerprint density at radius 2 is 1.83 bits per heavy atom. The van der Waals surface area contributed by atoms with Gasteiger partial charge in [0.15, 0.2) is 0 Å². The molecule has 3 rings (SSSR count). The molecule has 3 heterocycles. The smallest absolute Gasteiger partial charge is 0.305 e. The van der Waals surface area contributed by atoms with Gasteiger partial charge in [-0.15, -0.1) is 0 Å². The van der Waals surface area contributed by atoms with Gasteiger partial charge in [-0.1, -0.05) is 38.6 Å². The topological polar surface area (TPSA) is 198 Å². The average molecular weight is 734 g/mol. The minimum atomic E-state index is -1.27. The summed E-state index contributed by atoms with van der Waals surface area (Å²) in [5.74, 6) is -3.84. The van der Waals surface area contributed by atoms with Crippen molar-refractivity contribution in [1.29, 1.82) is 0 Å². The van der Waals surface area contributed by atoms with Gasteiger partial charge >= 0.3 is 5.97 Å². The lowest BCUT2D eigenvalue weighted by molar-refractivity contribution is -0.671. The molecule has 286 valence electrons. The van der Waals surface area contributed by atoms with Crippen LogP contribution in [-0.2, 0) is 41.7 Å². The number of fused-ring (bicyclic) bond motifs is 1. The predicted octanol–water partition coefficient (Wildman–Crippen LogP) is 1.47. The van der Waals surface area contributed by atoms with Crippen molar-refractivity contribution in [1.82, 2.24) is 35.6 Å². The highest BCUT2D eigenvalue weighted by Crippen LogP contribution is 2.21. The van der Waals surface area contributed by atoms with Gasteiger partial charge in [0.1, 0.15) is 30.8 Å². The number of aryl methyl sites for hydroxylation is 1. The van der Waals surface area contributed by atoms with Crippen LogP contribution in [0.3, 0.4) is 0 Å². The summed E-state index contributed by atoms with van der Waals surface area (Å²) < 4.78 is 4.08. The van der Waals surface area contributed by atoms with Crippen LogP contribution in [-0.4, -0.2) is 100 Å². The first kappa shape index (κ1) is 41.8. The number of hydrogen-bond acceptors (Lipinski definition) is 7. The largest absolute Gasteiger partial charge is 0.481 e. The number of H-pyrrole nitrogens is 1. The number of imidazole rings is 1. The number of carbonyl (C=O) groups is 6. The van der Waals surface area contributed by atoms with E-state index in [0.29, 0.717) is 32.1 Å². The Balaban J connectivity index is 1.75. The standard InChI is InChI=1S/C38H52N8O7/c1-7-13-28-26(22-40-29(28)8-2)20-31(39-5)38(53)44(6)35(25(3)4)37(52)43-30(36(51)41-23-32(48)42-27(24-47)21-34(49)50)14-9-11-16-45-18-19-46-17-12-10-15-33(45)46/h7-8,10,12-13,15,17-19,22,24-25,27,30-31,35,39-40H,2,9,11,14,16,20-21,23H2,1,3-6H3,(H3-,41,42,43,48,49,50,51,52)/p+1/b13-7-. The molecule has 0 saturated heterocycles. The number of aromatic nitrogens is 3. The van der Waals surface area contributed by atoms with Gasteiger partial charge in [-0.3, -0.25) is 24.0 Å². The number of aromatic amines is 1. The number of carbonyl (C=O) groups excluding carboxylic acids is 5. The number of aldehydes is 1. The number of likely N-dealkylation sites (N-methyl/N-ethyl adjacent to an activating group) is 2. The molecule has 53 heavy (non-hydrogen) atoms. The number of amides is 4. The molecule has 15 heteroatoms. The Labute approximate surface area is 309 Å². The van der Waals surface area contributed by atoms with Gasteiger partial charge in [0, 0.05) is 30.6 Å². The third kappa shape index (κ3) is 11.7. The number of rotatable bonds is 22. The van der Waals surface area contributed by atoms with Crippen LogP contribution >= 0.6 is 0 Å². The normalized spacial score (nSPS) is 13.6. The van der Waals surface area contributed by atoms with Crippen LogP contribution in [0.4, 0.5) is 0 Å². The van der Waals surface area contributed by atoms with Crippen molar-refractivity contribution in [3.05, 3.63) is 72.5 Å². The number of unbranched alkanes of at least 4 members (excludes halogenated alkanes) is 1. The van der Waals surface area contributed by atoms with E-state index in [1.165, 1.54) is 4.90 Å². The van der Waals surface area contributed by atoms with Crippen LogP contribution in [0, 0.1) is 5.92 Å². The first-order valence-electron chi connectivity index (χ1n) is 17.7. The predicted molar refractivity (Wildman–Crippen MR) is 200 cm³/mol. The Kier molecular flexibility index (Phi) is 16.2. The molecule has 3 aromatic rings. The van der Waals surface area contributed by atoms with Crippen molar-refractivity contribution in [3.63, 3.8) is 0 Å². The summed E-state index contributed by atoms with van der Waals surface area (Å²) in [6.45, 7) is 9.50. The molecule has 0 fully saturated rings. The number of nitrogens with one attached hydrogen (secondary N) is 5. The van der Waals surface area contributed by atoms with Gasteiger partial charge in [-0.25, -0.2) is 8.97 Å². The van der Waals surface area contributed by atoms with E-state index in [1.807, 2.05) is 80.3 Å². The molecule has 15 nitrogen and oxygen atoms in total. The van der Waals surface area contributed by atoms with Crippen LogP contribution in [0.5, 0.6) is 0 Å². The monoisotopic (exact) mass is 733 g/mol. The second-order valence-electron chi connectivity index (χ2n) is 13.2. The third-order valence-electron chi connectivity index (χ3n) is 8.98. The van der Waals surface area contributed by atoms with E-state index >= 15 is 0 Å². The summed E-state index contributed by atoms with van der Waals surface area (Å²) in [5.41, 5.74) is 3.66. The molecule has 0 spiro atoms. The highest BCUT2D eigenvalue weighted by molar-refractivity contribution is 5.94. The number of nitrogens with zero attached hydrogens (tertiary/aromatic N) is 3. The molecule has 0 aliphatic heterocycles. The third-order valence-corrected chi connectivity index (χ3v) is 8.98. The van der Waals surface area contributed by atoms with Gasteiger partial charge in [-0.05, 0) is 63.3 Å². The summed E-state index contributed by atoms with van der Waals surface area (Å²) in [6.07, 6.45) is 14.7. The number of aliphatic carboxylic acids is 1. The highest BCUT2D eigenvalue weighted by atomic mass is 16.4. The Morgan fingerprint density at radius 3 is 2.47 bits per heavy atom. The number of carboxylic acid groups (broad SMARTS) is 1. The maximum Gasteiger partial charge on any atom is 0.305 e. The van der Waals surface area contributed by atoms with E-state index in [4.69, 9.17) is 5.11 Å². The van der Waals surface area contributed by atoms with Gasteiger partial charge < -0.3 is 41.1 Å². The van der Waals surface area contributed by atoms with Crippen LogP contribution < -0.4 is 25.8 Å². The number of hydrogen-bond donors (Lipinski definition) is 6. The maximum absolute atomic E-state index is 14.0. The molecule has 0 radical (unpaired) electrons. The first-order valence-corrected chi connectivity index (χ1v) is 17.7. The van der Waals surface area contributed by atoms with Crippen molar-refractivity contribution >= 4 is 53.7 Å². The van der Waals surface area contributed by atoms with Crippen LogP contribution in [0.15, 0.2) is 55.6 Å². The van der Waals surface area contributed by atoms with E-state index < -0.39 is 60.8 Å². The molecular weight excluding hydrogens is 680 g/mol. The molecule has 0 bridgehead atoms. The fourth-order valence-corrected chi connectivity index (χ4v) is 6.30. The second-order valence-corrected chi connectivity index (χ2v) is 13.2. The molecule has 4 amide bonds. The van der Waals surface area contributed by atoms with Gasteiger partial charge in [0.05, 0.1) is 37.8 Å². The highest BCUT2D eigenvalue weighted by Gasteiger charge is 2.35. The zero-order valence-corrected chi connectivity index (χ0v) is 31.1. The van der Waals surface area contributed by atoms with Crippen molar-refractivity contribution < 1.29 is 38.4 Å². The maximum atomic E-state index is 14.0. The first-order chi connectivity index (χ1) is 25.3. The zero-order chi connectivity index (χ0) is 39.1. The van der Waals surface area contributed by atoms with E-state index in [9.17, 15) is 28.8 Å². The summed E-state index contributed by atoms with van der Waals surface area (Å²) >= 11 is 0. The minimum absolute atomic E-state index is 0.232. The quantitative estimate of drug-likeness (QED) is 0.0507. The van der Waals surface area contributed by atoms with Crippen molar-refractivity contribution in [2.45, 2.75) is 83.6 Å². The van der Waals surface area contributed by atoms with E-state index in [0.717, 1.165) is 22.5 Å². The fourth-order valence-electron chi connectivity index (χ4n) is 6.30. The zero-order valence-electron chi connectivity index (χ0n) is 31.1. The van der Waals surface area contributed by atoms with E-state index in [2.05, 4.69) is 37.4 Å². The Bertz CT molecular complexity index is 1780. The second kappa shape index (κ2) is 20.5. The van der Waals surface area contributed by atoms with Gasteiger partial charge in [0.2, 0.25) is 23.6 Å². The Hall–Kier alpha value is -5.57. The summed E-state index contributed by atoms with van der Waals surface area (Å²) in [6, 6.07) is 1.96. The lowest BCUT2D eigenvalue weighted by Gasteiger charge is -2.34. The van der Waals surface area contributed by atoms with Crippen molar-refractivity contribution in [3.8, 4) is 0 Å². The molecule has 3 aromatic heterocycles. The number of pyridine rings is 1. The molecule has 0 aliphatic carbocycles. The fraction of sp³-hybridized carbons (Fsp3) is 0.447. The Morgan fingerprint density at radius 1 is 1.08 bits per heavy atom. The molecule has 4 atom stereocenters. The molecular formula is C38H53N8O7+. The molecule has 0 saturated carbocycles. The van der Waals surface area contributed by atoms with E-state index in [-0.39, 0.29) is 18.2 Å². The van der Waals surface area contributed by atoms with Crippen molar-refractivity contribution in [2.24, 2.45) is 5.92 Å². The minimum Gasteiger partial charge on any atom is -0.481 e. The van der Waals surface area contributed by atoms with Crippen LogP contribution in [0.25, 0.3) is 17.8 Å². The van der Waals surface area contributed by atoms with Crippen LogP contribution in [0.1, 0.15) is 63.3 Å². The summed E-state index contributed by atoms with van der Waals surface area (Å²) in [5, 5.41) is 19.7. The van der Waals surface area contributed by atoms with E-state index in [1.54, 1.807) is 20.2 Å². The number of carboxylic acids is 1. The van der Waals surface area contributed by atoms with Gasteiger partial charge in [0.25, 0.3) is 5.65 Å². The molecule has 0 aromatic carbocycles. The van der Waals surface area contributed by atoms with Crippen molar-refractivity contribution in [2.75, 3.05) is 20.6 Å². The lowest BCUT2D eigenvalue weighted by Crippen LogP contribution is -2.58.